The van der Waals surface area contributed by atoms with Crippen LogP contribution in [-0.2, 0) is 5.41 Å². The van der Waals surface area contributed by atoms with E-state index < -0.39 is 0 Å². The molecule has 0 spiro atoms. The first-order valence-electron chi connectivity index (χ1n) is 7.85. The second-order valence-electron chi connectivity index (χ2n) is 6.91. The standard InChI is InChI=1S/C22H26/c1-7-16(2)21(20-14-9-8-11-17(20)3)18-12-10-13-19(15-18)22(4,5)6/h7-15H,1H2,2-6H3/b21-16+. The minimum Gasteiger partial charge on any atom is -0.0988 e. The second kappa shape index (κ2) is 6.36. The number of aryl methyl sites for hydroxylation is 1. The fraction of sp³-hybridized carbons (Fsp3) is 0.273. The highest BCUT2D eigenvalue weighted by atomic mass is 14.2. The van der Waals surface area contributed by atoms with Crippen LogP contribution in [0, 0.1) is 6.92 Å². The van der Waals surface area contributed by atoms with Gasteiger partial charge in [-0.15, -0.1) is 0 Å². The fourth-order valence-corrected chi connectivity index (χ4v) is 2.69. The van der Waals surface area contributed by atoms with Gasteiger partial charge in [-0.25, -0.2) is 0 Å². The summed E-state index contributed by atoms with van der Waals surface area (Å²) in [5.74, 6) is 0. The molecule has 0 aromatic heterocycles. The van der Waals surface area contributed by atoms with E-state index >= 15 is 0 Å². The third kappa shape index (κ3) is 3.39. The summed E-state index contributed by atoms with van der Waals surface area (Å²) in [6.45, 7) is 15.0. The van der Waals surface area contributed by atoms with Gasteiger partial charge in [0.2, 0.25) is 0 Å². The Morgan fingerprint density at radius 3 is 2.27 bits per heavy atom. The zero-order chi connectivity index (χ0) is 16.3. The molecule has 2 aromatic rings. The summed E-state index contributed by atoms with van der Waals surface area (Å²) >= 11 is 0. The molecule has 0 amide bonds. The Bertz CT molecular complexity index is 709. The molecule has 2 rings (SSSR count). The lowest BCUT2D eigenvalue weighted by Crippen LogP contribution is -2.11. The first-order chi connectivity index (χ1) is 10.3. The van der Waals surface area contributed by atoms with Gasteiger partial charge >= 0.3 is 0 Å². The lowest BCUT2D eigenvalue weighted by Gasteiger charge is -2.21. The molecule has 0 bridgehead atoms. The molecule has 0 N–H and O–H groups in total. The Morgan fingerprint density at radius 2 is 1.68 bits per heavy atom. The monoisotopic (exact) mass is 290 g/mol. The van der Waals surface area contributed by atoms with Crippen molar-refractivity contribution < 1.29 is 0 Å². The van der Waals surface area contributed by atoms with Crippen molar-refractivity contribution in [2.24, 2.45) is 0 Å². The van der Waals surface area contributed by atoms with Gasteiger partial charge < -0.3 is 0 Å². The minimum atomic E-state index is 0.148. The molecular weight excluding hydrogens is 264 g/mol. The van der Waals surface area contributed by atoms with Crippen LogP contribution in [0.5, 0.6) is 0 Å². The molecule has 0 aliphatic rings. The summed E-state index contributed by atoms with van der Waals surface area (Å²) in [7, 11) is 0. The SMILES string of the molecule is C=C/C(C)=C(\c1cccc(C(C)(C)C)c1)c1ccccc1C. The Balaban J connectivity index is 2.68. The quantitative estimate of drug-likeness (QED) is 0.582. The van der Waals surface area contributed by atoms with Gasteiger partial charge in [0.1, 0.15) is 0 Å². The van der Waals surface area contributed by atoms with Gasteiger partial charge in [0, 0.05) is 0 Å². The summed E-state index contributed by atoms with van der Waals surface area (Å²) < 4.78 is 0. The highest BCUT2D eigenvalue weighted by Gasteiger charge is 2.16. The number of rotatable bonds is 3. The van der Waals surface area contributed by atoms with Crippen LogP contribution >= 0.6 is 0 Å². The summed E-state index contributed by atoms with van der Waals surface area (Å²) in [6, 6.07) is 17.4. The van der Waals surface area contributed by atoms with Crippen LogP contribution in [0.4, 0.5) is 0 Å². The normalized spacial score (nSPS) is 12.8. The summed E-state index contributed by atoms with van der Waals surface area (Å²) in [4.78, 5) is 0. The molecular formula is C22H26. The first-order valence-corrected chi connectivity index (χ1v) is 7.85. The molecule has 0 aliphatic carbocycles. The van der Waals surface area contributed by atoms with Crippen molar-refractivity contribution in [3.8, 4) is 0 Å². The highest BCUT2D eigenvalue weighted by molar-refractivity contribution is 5.84. The van der Waals surface area contributed by atoms with Crippen LogP contribution in [0.2, 0.25) is 0 Å². The van der Waals surface area contributed by atoms with Crippen molar-refractivity contribution in [1.29, 1.82) is 0 Å². The van der Waals surface area contributed by atoms with E-state index in [0.29, 0.717) is 0 Å². The molecule has 0 heteroatoms. The van der Waals surface area contributed by atoms with Crippen molar-refractivity contribution in [1.82, 2.24) is 0 Å². The van der Waals surface area contributed by atoms with E-state index in [1.54, 1.807) is 0 Å². The van der Waals surface area contributed by atoms with E-state index in [-0.39, 0.29) is 5.41 Å². The molecule has 2 aromatic carbocycles. The maximum atomic E-state index is 3.98. The van der Waals surface area contributed by atoms with E-state index in [9.17, 15) is 0 Å². The van der Waals surface area contributed by atoms with Gasteiger partial charge in [-0.1, -0.05) is 82.0 Å². The van der Waals surface area contributed by atoms with E-state index in [4.69, 9.17) is 0 Å². The lowest BCUT2D eigenvalue weighted by atomic mass is 9.83. The Labute approximate surface area is 135 Å². The van der Waals surface area contributed by atoms with Crippen molar-refractivity contribution in [3.63, 3.8) is 0 Å². The van der Waals surface area contributed by atoms with Gasteiger partial charge in [0.05, 0.1) is 0 Å². The average molecular weight is 290 g/mol. The topological polar surface area (TPSA) is 0 Å². The lowest BCUT2D eigenvalue weighted by molar-refractivity contribution is 0.590. The number of hydrogen-bond donors (Lipinski definition) is 0. The van der Waals surface area contributed by atoms with E-state index in [1.165, 1.54) is 33.4 Å². The van der Waals surface area contributed by atoms with Crippen molar-refractivity contribution >= 4 is 5.57 Å². The maximum absolute atomic E-state index is 3.98. The zero-order valence-corrected chi connectivity index (χ0v) is 14.4. The fourth-order valence-electron chi connectivity index (χ4n) is 2.69. The Kier molecular flexibility index (Phi) is 4.71. The van der Waals surface area contributed by atoms with Gasteiger partial charge in [-0.05, 0) is 52.7 Å². The van der Waals surface area contributed by atoms with Crippen molar-refractivity contribution in [3.05, 3.63) is 89.0 Å². The molecule has 0 nitrogen and oxygen atoms in total. The molecule has 0 saturated carbocycles. The van der Waals surface area contributed by atoms with Crippen molar-refractivity contribution in [2.45, 2.75) is 40.0 Å². The van der Waals surface area contributed by atoms with E-state index in [2.05, 4.69) is 89.7 Å². The van der Waals surface area contributed by atoms with Gasteiger partial charge in [0.15, 0.2) is 0 Å². The van der Waals surface area contributed by atoms with Gasteiger partial charge in [0.25, 0.3) is 0 Å². The molecule has 0 heterocycles. The third-order valence-corrected chi connectivity index (χ3v) is 4.13. The molecule has 0 saturated heterocycles. The van der Waals surface area contributed by atoms with Gasteiger partial charge in [-0.3, -0.25) is 0 Å². The van der Waals surface area contributed by atoms with Crippen LogP contribution in [0.25, 0.3) is 5.57 Å². The first kappa shape index (κ1) is 16.3. The molecule has 0 fully saturated rings. The number of benzene rings is 2. The molecule has 0 aliphatic heterocycles. The molecule has 114 valence electrons. The number of allylic oxidation sites excluding steroid dienone is 2. The zero-order valence-electron chi connectivity index (χ0n) is 14.4. The summed E-state index contributed by atoms with van der Waals surface area (Å²) in [5.41, 5.74) is 7.83. The minimum absolute atomic E-state index is 0.148. The molecule has 0 radical (unpaired) electrons. The Hall–Kier alpha value is -2.08. The molecule has 0 atom stereocenters. The smallest absolute Gasteiger partial charge is 0.00796 e. The highest BCUT2D eigenvalue weighted by Crippen LogP contribution is 2.32. The average Bonchev–Trinajstić information content (AvgIpc) is 2.49. The predicted octanol–water partition coefficient (Wildman–Crippen LogP) is 6.30. The summed E-state index contributed by atoms with van der Waals surface area (Å²) in [5, 5.41) is 0. The molecule has 0 unspecified atom stereocenters. The van der Waals surface area contributed by atoms with Crippen LogP contribution < -0.4 is 0 Å². The third-order valence-electron chi connectivity index (χ3n) is 4.13. The van der Waals surface area contributed by atoms with Crippen LogP contribution in [0.15, 0.2) is 66.8 Å². The summed E-state index contributed by atoms with van der Waals surface area (Å²) in [6.07, 6.45) is 1.95. The van der Waals surface area contributed by atoms with Crippen LogP contribution in [0.3, 0.4) is 0 Å². The molecule has 22 heavy (non-hydrogen) atoms. The Morgan fingerprint density at radius 1 is 1.00 bits per heavy atom. The van der Waals surface area contributed by atoms with E-state index in [0.717, 1.165) is 0 Å². The van der Waals surface area contributed by atoms with Crippen LogP contribution in [-0.4, -0.2) is 0 Å². The van der Waals surface area contributed by atoms with Gasteiger partial charge in [-0.2, -0.15) is 0 Å². The number of hydrogen-bond acceptors (Lipinski definition) is 0. The van der Waals surface area contributed by atoms with Crippen molar-refractivity contribution in [2.75, 3.05) is 0 Å². The second-order valence-corrected chi connectivity index (χ2v) is 6.91. The maximum Gasteiger partial charge on any atom is -0.00796 e. The largest absolute Gasteiger partial charge is 0.0988 e. The van der Waals surface area contributed by atoms with E-state index in [1.807, 2.05) is 6.08 Å². The van der Waals surface area contributed by atoms with Crippen LogP contribution in [0.1, 0.15) is 49.9 Å². The predicted molar refractivity (Wildman–Crippen MR) is 98.2 cm³/mol.